The molecule has 1 aliphatic heterocycles. The lowest BCUT2D eigenvalue weighted by Crippen LogP contribution is -2.33. The molecule has 3 rings (SSSR count). The van der Waals surface area contributed by atoms with Gasteiger partial charge in [-0.2, -0.15) is 0 Å². The van der Waals surface area contributed by atoms with Gasteiger partial charge in [-0.3, -0.25) is 14.2 Å². The fraction of sp³-hybridized carbons (Fsp3) is 0.526. The van der Waals surface area contributed by atoms with E-state index >= 15 is 0 Å². The van der Waals surface area contributed by atoms with Crippen LogP contribution >= 0.6 is 11.8 Å². The van der Waals surface area contributed by atoms with Gasteiger partial charge in [0.1, 0.15) is 0 Å². The van der Waals surface area contributed by atoms with E-state index in [9.17, 15) is 9.59 Å². The minimum absolute atomic E-state index is 0.0356. The lowest BCUT2D eigenvalue weighted by atomic mass is 10.2. The number of fused-ring (bicyclic) bond motifs is 1. The summed E-state index contributed by atoms with van der Waals surface area (Å²) in [7, 11) is 0. The van der Waals surface area contributed by atoms with Crippen molar-refractivity contribution in [2.24, 2.45) is 0 Å². The molecule has 1 aromatic heterocycles. The molecule has 1 amide bonds. The minimum atomic E-state index is -0.0658. The molecule has 0 aliphatic carbocycles. The Morgan fingerprint density at radius 3 is 2.81 bits per heavy atom. The van der Waals surface area contributed by atoms with E-state index in [1.54, 1.807) is 15.5 Å². The second-order valence-corrected chi connectivity index (χ2v) is 7.26. The number of rotatable bonds is 7. The number of carbonyl (C=O) groups excluding carboxylic acids is 1. The molecule has 1 aromatic carbocycles. The fourth-order valence-corrected chi connectivity index (χ4v) is 4.12. The molecule has 0 unspecified atom stereocenters. The van der Waals surface area contributed by atoms with Crippen molar-refractivity contribution in [1.82, 2.24) is 14.5 Å². The van der Waals surface area contributed by atoms with Crippen molar-refractivity contribution >= 4 is 28.6 Å². The number of thioether (sulfide) groups is 1. The summed E-state index contributed by atoms with van der Waals surface area (Å²) in [5, 5.41) is 1.19. The van der Waals surface area contributed by atoms with Gasteiger partial charge >= 0.3 is 0 Å². The summed E-state index contributed by atoms with van der Waals surface area (Å²) >= 11 is 1.33. The Kier molecular flexibility index (Phi) is 6.32. The zero-order valence-electron chi connectivity index (χ0n) is 15.3. The summed E-state index contributed by atoms with van der Waals surface area (Å²) < 4.78 is 7.38. The van der Waals surface area contributed by atoms with Crippen LogP contribution in [0.1, 0.15) is 26.7 Å². The van der Waals surface area contributed by atoms with Gasteiger partial charge in [-0.05, 0) is 38.8 Å². The van der Waals surface area contributed by atoms with Gasteiger partial charge < -0.3 is 9.64 Å². The van der Waals surface area contributed by atoms with E-state index in [1.807, 2.05) is 32.0 Å². The lowest BCUT2D eigenvalue weighted by Gasteiger charge is -2.19. The molecule has 2 heterocycles. The topological polar surface area (TPSA) is 64.4 Å². The normalized spacial score (nSPS) is 16.9. The first kappa shape index (κ1) is 18.9. The molecule has 6 nitrogen and oxygen atoms in total. The summed E-state index contributed by atoms with van der Waals surface area (Å²) in [5.41, 5.74) is 0.600. The number of para-hydroxylation sites is 1. The largest absolute Gasteiger partial charge is 0.376 e. The Balaban J connectivity index is 1.91. The maximum absolute atomic E-state index is 13.0. The summed E-state index contributed by atoms with van der Waals surface area (Å²) in [5.74, 6) is 0.337. The maximum Gasteiger partial charge on any atom is 0.262 e. The molecule has 0 spiro atoms. The van der Waals surface area contributed by atoms with E-state index in [-0.39, 0.29) is 23.3 Å². The van der Waals surface area contributed by atoms with E-state index in [4.69, 9.17) is 4.74 Å². The third kappa shape index (κ3) is 4.10. The highest BCUT2D eigenvalue weighted by atomic mass is 32.2. The second-order valence-electron chi connectivity index (χ2n) is 6.32. The third-order valence-electron chi connectivity index (χ3n) is 4.68. The van der Waals surface area contributed by atoms with Crippen LogP contribution in [0.15, 0.2) is 34.2 Å². The van der Waals surface area contributed by atoms with Gasteiger partial charge in [0, 0.05) is 19.7 Å². The molecular formula is C19H25N3O3S. The molecule has 2 aromatic rings. The number of amides is 1. The average molecular weight is 375 g/mol. The highest BCUT2D eigenvalue weighted by Gasteiger charge is 2.21. The number of ether oxygens (including phenoxy) is 1. The van der Waals surface area contributed by atoms with Crippen LogP contribution in [0.3, 0.4) is 0 Å². The number of carbonyl (C=O) groups is 1. The SMILES string of the molecule is CCN(CC)C(=O)CSc1nc2ccccc2c(=O)n1C[C@@H]1CCCO1. The maximum atomic E-state index is 13.0. The standard InChI is InChI=1S/C19H25N3O3S/c1-3-21(4-2)17(23)13-26-19-20-16-10-6-5-9-15(16)18(24)22(19)12-14-8-7-11-25-14/h5-6,9-10,14H,3-4,7-8,11-13H2,1-2H3/t14-/m0/s1. The molecule has 1 saturated heterocycles. The van der Waals surface area contributed by atoms with Crippen molar-refractivity contribution in [2.75, 3.05) is 25.4 Å². The summed E-state index contributed by atoms with van der Waals surface area (Å²) in [6, 6.07) is 7.35. The smallest absolute Gasteiger partial charge is 0.262 e. The van der Waals surface area contributed by atoms with Crippen LogP contribution in [-0.2, 0) is 16.1 Å². The Hall–Kier alpha value is -1.86. The molecule has 1 atom stereocenters. The van der Waals surface area contributed by atoms with Crippen molar-refractivity contribution in [3.05, 3.63) is 34.6 Å². The van der Waals surface area contributed by atoms with Crippen LogP contribution in [0.2, 0.25) is 0 Å². The molecule has 1 aliphatic rings. The quantitative estimate of drug-likeness (QED) is 0.550. The first-order valence-electron chi connectivity index (χ1n) is 9.15. The van der Waals surface area contributed by atoms with E-state index in [0.29, 0.717) is 35.7 Å². The molecule has 7 heteroatoms. The van der Waals surface area contributed by atoms with Crippen LogP contribution in [0.5, 0.6) is 0 Å². The van der Waals surface area contributed by atoms with Gasteiger partial charge in [-0.1, -0.05) is 23.9 Å². The molecule has 140 valence electrons. The minimum Gasteiger partial charge on any atom is -0.376 e. The monoisotopic (exact) mass is 375 g/mol. The molecule has 26 heavy (non-hydrogen) atoms. The van der Waals surface area contributed by atoms with E-state index in [2.05, 4.69) is 4.98 Å². The molecule has 0 bridgehead atoms. The van der Waals surface area contributed by atoms with Gasteiger partial charge in [0.15, 0.2) is 5.16 Å². The Bertz CT molecular complexity index is 826. The van der Waals surface area contributed by atoms with Crippen LogP contribution in [0.4, 0.5) is 0 Å². The van der Waals surface area contributed by atoms with Crippen molar-refractivity contribution in [3.8, 4) is 0 Å². The highest BCUT2D eigenvalue weighted by molar-refractivity contribution is 7.99. The van der Waals surface area contributed by atoms with Crippen molar-refractivity contribution in [3.63, 3.8) is 0 Å². The van der Waals surface area contributed by atoms with E-state index < -0.39 is 0 Å². The Morgan fingerprint density at radius 2 is 2.12 bits per heavy atom. The number of hydrogen-bond donors (Lipinski definition) is 0. The van der Waals surface area contributed by atoms with Crippen molar-refractivity contribution in [2.45, 2.75) is 44.5 Å². The summed E-state index contributed by atoms with van der Waals surface area (Å²) in [6.45, 7) is 6.52. The van der Waals surface area contributed by atoms with Crippen LogP contribution in [0, 0.1) is 0 Å². The first-order chi connectivity index (χ1) is 12.6. The summed E-state index contributed by atoms with van der Waals surface area (Å²) in [4.78, 5) is 31.8. The molecule has 0 radical (unpaired) electrons. The first-order valence-corrected chi connectivity index (χ1v) is 10.1. The Morgan fingerprint density at radius 1 is 1.35 bits per heavy atom. The van der Waals surface area contributed by atoms with Gasteiger partial charge in [0.05, 0.1) is 29.3 Å². The summed E-state index contributed by atoms with van der Waals surface area (Å²) in [6.07, 6.45) is 2.00. The zero-order chi connectivity index (χ0) is 18.5. The zero-order valence-corrected chi connectivity index (χ0v) is 16.1. The number of hydrogen-bond acceptors (Lipinski definition) is 5. The van der Waals surface area contributed by atoms with Crippen molar-refractivity contribution in [1.29, 1.82) is 0 Å². The molecule has 0 saturated carbocycles. The number of benzene rings is 1. The van der Waals surface area contributed by atoms with E-state index in [0.717, 1.165) is 19.4 Å². The lowest BCUT2D eigenvalue weighted by molar-refractivity contribution is -0.127. The van der Waals surface area contributed by atoms with Crippen LogP contribution in [0.25, 0.3) is 10.9 Å². The predicted molar refractivity (Wildman–Crippen MR) is 104 cm³/mol. The van der Waals surface area contributed by atoms with E-state index in [1.165, 1.54) is 11.8 Å². The van der Waals surface area contributed by atoms with Crippen LogP contribution < -0.4 is 5.56 Å². The average Bonchev–Trinajstić information content (AvgIpc) is 3.17. The molecule has 1 fully saturated rings. The highest BCUT2D eigenvalue weighted by Crippen LogP contribution is 2.21. The van der Waals surface area contributed by atoms with Crippen molar-refractivity contribution < 1.29 is 9.53 Å². The van der Waals surface area contributed by atoms with Crippen LogP contribution in [-0.4, -0.2) is 51.9 Å². The van der Waals surface area contributed by atoms with Gasteiger partial charge in [0.2, 0.25) is 5.91 Å². The number of nitrogens with zero attached hydrogens (tertiary/aromatic N) is 3. The van der Waals surface area contributed by atoms with Gasteiger partial charge in [0.25, 0.3) is 5.56 Å². The number of aromatic nitrogens is 2. The van der Waals surface area contributed by atoms with Gasteiger partial charge in [-0.15, -0.1) is 0 Å². The predicted octanol–water partition coefficient (Wildman–Crippen LogP) is 2.54. The fourth-order valence-electron chi connectivity index (χ4n) is 3.20. The second kappa shape index (κ2) is 8.68. The third-order valence-corrected chi connectivity index (χ3v) is 5.64. The van der Waals surface area contributed by atoms with Gasteiger partial charge in [-0.25, -0.2) is 4.98 Å². The molecular weight excluding hydrogens is 350 g/mol. The molecule has 0 N–H and O–H groups in total. The Labute approximate surface area is 157 Å².